The number of carbonyl (C=O) groups is 1. The van der Waals surface area contributed by atoms with Crippen LogP contribution in [0.2, 0.25) is 0 Å². The van der Waals surface area contributed by atoms with Crippen LogP contribution < -0.4 is 0 Å². The number of aliphatic hydroxyl groups is 1. The minimum Gasteiger partial charge on any atom is -0.507 e. The summed E-state index contributed by atoms with van der Waals surface area (Å²) in [7, 11) is 0. The summed E-state index contributed by atoms with van der Waals surface area (Å²) < 4.78 is 74.7. The van der Waals surface area contributed by atoms with Crippen LogP contribution in [0.4, 0.5) is 26.3 Å². The number of hydrogen-bond acceptors (Lipinski definition) is 2. The number of allylic oxidation sites excluding steroid dienone is 1. The maximum Gasteiger partial charge on any atom is 0.416 e. The first-order chi connectivity index (χ1) is 11.5. The van der Waals surface area contributed by atoms with Crippen molar-refractivity contribution in [3.63, 3.8) is 0 Å². The van der Waals surface area contributed by atoms with Crippen molar-refractivity contribution in [2.75, 3.05) is 0 Å². The summed E-state index contributed by atoms with van der Waals surface area (Å²) in [6.07, 6.45) is -8.35. The van der Waals surface area contributed by atoms with E-state index in [1.165, 1.54) is 0 Å². The zero-order chi connectivity index (χ0) is 18.8. The molecule has 0 aliphatic heterocycles. The second kappa shape index (κ2) is 7.97. The van der Waals surface area contributed by atoms with Gasteiger partial charge in [-0.25, -0.2) is 0 Å². The predicted octanol–water partition coefficient (Wildman–Crippen LogP) is 5.50. The molecule has 0 fully saturated rings. The molecule has 0 heterocycles. The van der Waals surface area contributed by atoms with Crippen molar-refractivity contribution in [3.05, 3.63) is 76.9 Å². The Balaban J connectivity index is 0.00000338. The maximum absolute atomic E-state index is 12.5. The van der Waals surface area contributed by atoms with Crippen LogP contribution in [0.15, 0.2) is 54.6 Å². The molecule has 0 aromatic heterocycles. The Bertz CT molecular complexity index is 790. The SMILES string of the molecule is O=C(/C=C(\O)c1ccc(C(F)(F)F)cc1)c1ccc(C(F)(F)F)cc1.[Cu]. The molecule has 143 valence electrons. The van der Waals surface area contributed by atoms with Gasteiger partial charge in [-0.1, -0.05) is 24.3 Å². The van der Waals surface area contributed by atoms with Crippen LogP contribution in [0, 0.1) is 0 Å². The van der Waals surface area contributed by atoms with Crippen molar-refractivity contribution in [1.29, 1.82) is 0 Å². The molecule has 1 radical (unpaired) electrons. The third-order valence-corrected chi connectivity index (χ3v) is 3.27. The standard InChI is InChI=1S/C17H10F6O2.Cu/c18-16(19,20)12-5-1-10(2-6-12)14(24)9-15(25)11-3-7-13(8-4-11)17(21,22)23;/h1-9,24H;/b14-9-;. The van der Waals surface area contributed by atoms with Crippen LogP contribution in [0.1, 0.15) is 27.0 Å². The summed E-state index contributed by atoms with van der Waals surface area (Å²) in [4.78, 5) is 11.9. The van der Waals surface area contributed by atoms with Gasteiger partial charge < -0.3 is 5.11 Å². The molecular weight excluding hydrogens is 414 g/mol. The van der Waals surface area contributed by atoms with Crippen molar-refractivity contribution in [3.8, 4) is 0 Å². The topological polar surface area (TPSA) is 37.3 Å². The van der Waals surface area contributed by atoms with Gasteiger partial charge in [-0.05, 0) is 24.3 Å². The molecule has 9 heteroatoms. The van der Waals surface area contributed by atoms with Gasteiger partial charge >= 0.3 is 12.4 Å². The molecule has 2 nitrogen and oxygen atoms in total. The molecule has 0 atom stereocenters. The largest absolute Gasteiger partial charge is 0.507 e. The summed E-state index contributed by atoms with van der Waals surface area (Å²) in [5.41, 5.74) is -1.99. The molecule has 0 saturated heterocycles. The van der Waals surface area contributed by atoms with Crippen molar-refractivity contribution < 1.29 is 53.3 Å². The monoisotopic (exact) mass is 423 g/mol. The van der Waals surface area contributed by atoms with E-state index in [0.717, 1.165) is 54.6 Å². The minimum absolute atomic E-state index is 0. The van der Waals surface area contributed by atoms with Gasteiger partial charge in [0.2, 0.25) is 0 Å². The van der Waals surface area contributed by atoms with Crippen molar-refractivity contribution in [1.82, 2.24) is 0 Å². The van der Waals surface area contributed by atoms with Crippen molar-refractivity contribution >= 4 is 11.5 Å². The normalized spacial score (nSPS) is 12.5. The molecule has 0 aliphatic carbocycles. The Morgan fingerprint density at radius 1 is 0.731 bits per heavy atom. The van der Waals surface area contributed by atoms with E-state index in [1.807, 2.05) is 0 Å². The Morgan fingerprint density at radius 2 is 1.08 bits per heavy atom. The Labute approximate surface area is 154 Å². The number of carbonyl (C=O) groups excluding carboxylic acids is 1. The summed E-state index contributed by atoms with van der Waals surface area (Å²) in [6, 6.07) is 6.77. The second-order valence-corrected chi connectivity index (χ2v) is 5.04. The summed E-state index contributed by atoms with van der Waals surface area (Å²) in [5, 5.41) is 9.81. The number of aliphatic hydroxyl groups excluding tert-OH is 1. The zero-order valence-corrected chi connectivity index (χ0v) is 13.6. The third kappa shape index (κ3) is 5.37. The molecule has 0 aliphatic rings. The molecule has 0 saturated carbocycles. The summed E-state index contributed by atoms with van der Waals surface area (Å²) in [6.45, 7) is 0. The molecular formula is C17H10CuF6O2. The van der Waals surface area contributed by atoms with E-state index < -0.39 is 35.0 Å². The van der Waals surface area contributed by atoms with Crippen molar-refractivity contribution in [2.45, 2.75) is 12.4 Å². The quantitative estimate of drug-likeness (QED) is 0.232. The number of ketones is 1. The van der Waals surface area contributed by atoms with E-state index in [1.54, 1.807) is 0 Å². The van der Waals surface area contributed by atoms with Crippen LogP contribution in [0.25, 0.3) is 5.76 Å². The number of halogens is 6. The van der Waals surface area contributed by atoms with Crippen LogP contribution in [-0.4, -0.2) is 10.9 Å². The maximum atomic E-state index is 12.5. The van der Waals surface area contributed by atoms with Gasteiger partial charge in [-0.15, -0.1) is 0 Å². The van der Waals surface area contributed by atoms with Crippen LogP contribution in [-0.2, 0) is 29.4 Å². The van der Waals surface area contributed by atoms with Gasteiger partial charge in [0.1, 0.15) is 5.76 Å². The van der Waals surface area contributed by atoms with Gasteiger partial charge in [-0.3, -0.25) is 4.79 Å². The number of benzene rings is 2. The smallest absolute Gasteiger partial charge is 0.416 e. The fourth-order valence-electron chi connectivity index (χ4n) is 1.94. The molecule has 2 aromatic carbocycles. The van der Waals surface area contributed by atoms with Crippen molar-refractivity contribution in [2.24, 2.45) is 0 Å². The van der Waals surface area contributed by atoms with E-state index in [0.29, 0.717) is 0 Å². The van der Waals surface area contributed by atoms with Gasteiger partial charge in [0.15, 0.2) is 5.78 Å². The molecule has 0 unspecified atom stereocenters. The van der Waals surface area contributed by atoms with Crippen LogP contribution in [0.3, 0.4) is 0 Å². The third-order valence-electron chi connectivity index (χ3n) is 3.27. The van der Waals surface area contributed by atoms with Crippen LogP contribution >= 0.6 is 0 Å². The fraction of sp³-hybridized carbons (Fsp3) is 0.118. The zero-order valence-electron chi connectivity index (χ0n) is 12.6. The predicted molar refractivity (Wildman–Crippen MR) is 77.8 cm³/mol. The van der Waals surface area contributed by atoms with E-state index in [-0.39, 0.29) is 28.2 Å². The Morgan fingerprint density at radius 3 is 1.42 bits per heavy atom. The van der Waals surface area contributed by atoms with Gasteiger partial charge in [-0.2, -0.15) is 26.3 Å². The minimum atomic E-state index is -4.54. The Hall–Kier alpha value is -2.25. The van der Waals surface area contributed by atoms with Gasteiger partial charge in [0.05, 0.1) is 11.1 Å². The molecule has 26 heavy (non-hydrogen) atoms. The van der Waals surface area contributed by atoms with E-state index in [4.69, 9.17) is 0 Å². The van der Waals surface area contributed by atoms with E-state index >= 15 is 0 Å². The van der Waals surface area contributed by atoms with Gasteiger partial charge in [0.25, 0.3) is 0 Å². The molecule has 1 N–H and O–H groups in total. The summed E-state index contributed by atoms with van der Waals surface area (Å²) in [5.74, 6) is -1.38. The second-order valence-electron chi connectivity index (χ2n) is 5.04. The average Bonchev–Trinajstić information content (AvgIpc) is 2.53. The van der Waals surface area contributed by atoms with E-state index in [2.05, 4.69) is 0 Å². The van der Waals surface area contributed by atoms with E-state index in [9.17, 15) is 36.2 Å². The van der Waals surface area contributed by atoms with Gasteiger partial charge in [0, 0.05) is 34.3 Å². The molecule has 0 amide bonds. The number of hydrogen-bond donors (Lipinski definition) is 1. The first kappa shape index (κ1) is 21.8. The average molecular weight is 424 g/mol. The molecule has 0 bridgehead atoms. The number of alkyl halides is 6. The molecule has 2 aromatic rings. The van der Waals surface area contributed by atoms with Crippen LogP contribution in [0.5, 0.6) is 0 Å². The number of rotatable bonds is 3. The molecule has 2 rings (SSSR count). The first-order valence-corrected chi connectivity index (χ1v) is 6.78. The molecule has 0 spiro atoms. The Kier molecular flexibility index (Phi) is 6.68. The fourth-order valence-corrected chi connectivity index (χ4v) is 1.94. The summed E-state index contributed by atoms with van der Waals surface area (Å²) >= 11 is 0. The first-order valence-electron chi connectivity index (χ1n) is 6.78.